The largest absolute Gasteiger partial charge is 0.493 e. The maximum atomic E-state index is 5.73. The fourth-order valence-electron chi connectivity index (χ4n) is 2.78. The average Bonchev–Trinajstić information content (AvgIpc) is 2.57. The lowest BCUT2D eigenvalue weighted by Crippen LogP contribution is -2.05. The molecule has 1 nitrogen and oxygen atoms in total. The molecule has 3 rings (SSSR count). The van der Waals surface area contributed by atoms with Crippen molar-refractivity contribution >= 4 is 0 Å². The van der Waals surface area contributed by atoms with Gasteiger partial charge in [-0.15, -0.1) is 0 Å². The molecule has 0 amide bonds. The third-order valence-electron chi connectivity index (χ3n) is 3.50. The minimum Gasteiger partial charge on any atom is -0.493 e. The number of rotatable bonds is 0. The van der Waals surface area contributed by atoms with Gasteiger partial charge in [0.2, 0.25) is 0 Å². The van der Waals surface area contributed by atoms with Gasteiger partial charge in [-0.3, -0.25) is 0 Å². The van der Waals surface area contributed by atoms with Gasteiger partial charge >= 0.3 is 0 Å². The number of hydrogen-bond donors (Lipinski definition) is 0. The van der Waals surface area contributed by atoms with Crippen LogP contribution in [0.4, 0.5) is 0 Å². The second-order valence-electron chi connectivity index (χ2n) is 4.44. The van der Waals surface area contributed by atoms with E-state index in [9.17, 15) is 0 Å². The van der Waals surface area contributed by atoms with E-state index in [1.165, 1.54) is 37.7 Å². The second kappa shape index (κ2) is 3.30. The molecule has 0 N–H and O–H groups in total. The highest BCUT2D eigenvalue weighted by Gasteiger charge is 2.27. The minimum atomic E-state index is 0.696. The monoisotopic (exact) mass is 188 g/mol. The molecule has 1 unspecified atom stereocenters. The van der Waals surface area contributed by atoms with Gasteiger partial charge in [0, 0.05) is 11.5 Å². The summed E-state index contributed by atoms with van der Waals surface area (Å²) < 4.78 is 5.73. The van der Waals surface area contributed by atoms with Crippen LogP contribution in [0.5, 0.6) is 5.75 Å². The summed E-state index contributed by atoms with van der Waals surface area (Å²) in [5, 5.41) is 0. The van der Waals surface area contributed by atoms with Crippen molar-refractivity contribution in [2.75, 3.05) is 6.61 Å². The van der Waals surface area contributed by atoms with Gasteiger partial charge in [-0.05, 0) is 30.9 Å². The fraction of sp³-hybridized carbons (Fsp3) is 0.538. The molecule has 14 heavy (non-hydrogen) atoms. The van der Waals surface area contributed by atoms with Crippen molar-refractivity contribution in [1.29, 1.82) is 0 Å². The SMILES string of the molecule is c1cc2c3c(c1)OCC3CCCCC2. The highest BCUT2D eigenvalue weighted by Crippen LogP contribution is 2.40. The highest BCUT2D eigenvalue weighted by atomic mass is 16.5. The first-order valence-corrected chi connectivity index (χ1v) is 5.70. The number of ether oxygens (including phenoxy) is 1. The quantitative estimate of drug-likeness (QED) is 0.607. The molecule has 0 spiro atoms. The van der Waals surface area contributed by atoms with Gasteiger partial charge in [-0.1, -0.05) is 25.0 Å². The van der Waals surface area contributed by atoms with Crippen LogP contribution in [0.3, 0.4) is 0 Å². The van der Waals surface area contributed by atoms with Gasteiger partial charge in [-0.2, -0.15) is 0 Å². The molecule has 1 aromatic rings. The van der Waals surface area contributed by atoms with Crippen LogP contribution in [-0.4, -0.2) is 6.61 Å². The molecule has 1 aliphatic heterocycles. The Kier molecular flexibility index (Phi) is 1.97. The molecule has 0 aromatic heterocycles. The van der Waals surface area contributed by atoms with Gasteiger partial charge in [0.05, 0.1) is 6.61 Å². The normalized spacial score (nSPS) is 24.7. The Morgan fingerprint density at radius 2 is 2.14 bits per heavy atom. The Morgan fingerprint density at radius 1 is 1.14 bits per heavy atom. The van der Waals surface area contributed by atoms with Crippen LogP contribution in [0.25, 0.3) is 0 Å². The van der Waals surface area contributed by atoms with Crippen molar-refractivity contribution < 1.29 is 4.74 Å². The molecule has 0 fully saturated rings. The summed E-state index contributed by atoms with van der Waals surface area (Å²) in [6.07, 6.45) is 6.69. The van der Waals surface area contributed by atoms with Gasteiger partial charge in [0.15, 0.2) is 0 Å². The van der Waals surface area contributed by atoms with Crippen LogP contribution in [0.15, 0.2) is 18.2 Å². The molecular formula is C13H16O. The third kappa shape index (κ3) is 1.23. The molecule has 74 valence electrons. The van der Waals surface area contributed by atoms with Crippen molar-refractivity contribution in [2.24, 2.45) is 0 Å². The molecule has 1 atom stereocenters. The van der Waals surface area contributed by atoms with Crippen molar-refractivity contribution in [1.82, 2.24) is 0 Å². The predicted molar refractivity (Wildman–Crippen MR) is 56.9 cm³/mol. The van der Waals surface area contributed by atoms with Gasteiger partial charge in [0.1, 0.15) is 5.75 Å². The standard InChI is InChI=1S/C13H16O/c1-2-5-10-7-4-8-12-13(10)11(6-3-1)9-14-12/h4,7-8,11H,1-3,5-6,9H2. The zero-order chi connectivity index (χ0) is 9.38. The molecule has 1 heterocycles. The van der Waals surface area contributed by atoms with Crippen LogP contribution in [-0.2, 0) is 6.42 Å². The van der Waals surface area contributed by atoms with E-state index in [1.807, 2.05) is 0 Å². The van der Waals surface area contributed by atoms with E-state index in [0.717, 1.165) is 12.4 Å². The van der Waals surface area contributed by atoms with Crippen LogP contribution in [0.2, 0.25) is 0 Å². The fourth-order valence-corrected chi connectivity index (χ4v) is 2.78. The van der Waals surface area contributed by atoms with Gasteiger partial charge in [-0.25, -0.2) is 0 Å². The third-order valence-corrected chi connectivity index (χ3v) is 3.50. The molecular weight excluding hydrogens is 172 g/mol. The lowest BCUT2D eigenvalue weighted by Gasteiger charge is -2.16. The predicted octanol–water partition coefficient (Wildman–Crippen LogP) is 3.28. The van der Waals surface area contributed by atoms with E-state index in [2.05, 4.69) is 18.2 Å². The second-order valence-corrected chi connectivity index (χ2v) is 4.44. The van der Waals surface area contributed by atoms with Crippen molar-refractivity contribution in [3.63, 3.8) is 0 Å². The Balaban J connectivity index is 2.08. The molecule has 0 radical (unpaired) electrons. The molecule has 0 saturated heterocycles. The van der Waals surface area contributed by atoms with Gasteiger partial charge < -0.3 is 4.74 Å². The van der Waals surface area contributed by atoms with Crippen LogP contribution >= 0.6 is 0 Å². The van der Waals surface area contributed by atoms with E-state index >= 15 is 0 Å². The topological polar surface area (TPSA) is 9.23 Å². The number of aryl methyl sites for hydroxylation is 1. The van der Waals surface area contributed by atoms with E-state index in [-0.39, 0.29) is 0 Å². The summed E-state index contributed by atoms with van der Waals surface area (Å²) in [5.41, 5.74) is 3.08. The van der Waals surface area contributed by atoms with E-state index in [4.69, 9.17) is 4.74 Å². The molecule has 0 saturated carbocycles. The Labute approximate surface area is 85.1 Å². The maximum absolute atomic E-state index is 5.73. The lowest BCUT2D eigenvalue weighted by atomic mass is 9.86. The molecule has 1 aromatic carbocycles. The molecule has 0 bridgehead atoms. The molecule has 1 aliphatic carbocycles. The first-order valence-electron chi connectivity index (χ1n) is 5.70. The smallest absolute Gasteiger partial charge is 0.123 e. The summed E-state index contributed by atoms with van der Waals surface area (Å²) in [7, 11) is 0. The van der Waals surface area contributed by atoms with Crippen LogP contribution < -0.4 is 4.74 Å². The highest BCUT2D eigenvalue weighted by molar-refractivity contribution is 5.46. The average molecular weight is 188 g/mol. The Morgan fingerprint density at radius 3 is 3.14 bits per heavy atom. The molecule has 1 heteroatoms. The van der Waals surface area contributed by atoms with E-state index in [1.54, 1.807) is 5.56 Å². The summed E-state index contributed by atoms with van der Waals surface area (Å²) in [6.45, 7) is 0.923. The maximum Gasteiger partial charge on any atom is 0.123 e. The van der Waals surface area contributed by atoms with E-state index in [0.29, 0.717) is 5.92 Å². The number of hydrogen-bond acceptors (Lipinski definition) is 1. The van der Waals surface area contributed by atoms with Gasteiger partial charge in [0.25, 0.3) is 0 Å². The van der Waals surface area contributed by atoms with Crippen LogP contribution in [0.1, 0.15) is 42.7 Å². The zero-order valence-corrected chi connectivity index (χ0v) is 8.46. The summed E-state index contributed by atoms with van der Waals surface area (Å²) in [5.74, 6) is 1.86. The Bertz CT molecular complexity index is 343. The van der Waals surface area contributed by atoms with Crippen molar-refractivity contribution in [2.45, 2.75) is 38.0 Å². The van der Waals surface area contributed by atoms with Crippen molar-refractivity contribution in [3.05, 3.63) is 29.3 Å². The van der Waals surface area contributed by atoms with E-state index < -0.39 is 0 Å². The molecule has 2 aliphatic rings. The minimum absolute atomic E-state index is 0.696. The summed E-state index contributed by atoms with van der Waals surface area (Å²) >= 11 is 0. The lowest BCUT2D eigenvalue weighted by molar-refractivity contribution is 0.321. The Hall–Kier alpha value is -0.980. The van der Waals surface area contributed by atoms with Crippen LogP contribution in [0, 0.1) is 0 Å². The zero-order valence-electron chi connectivity index (χ0n) is 8.46. The van der Waals surface area contributed by atoms with Crippen molar-refractivity contribution in [3.8, 4) is 5.75 Å². The first-order chi connectivity index (χ1) is 6.95. The first kappa shape index (κ1) is 8.34. The summed E-state index contributed by atoms with van der Waals surface area (Å²) in [6, 6.07) is 6.55. The summed E-state index contributed by atoms with van der Waals surface area (Å²) in [4.78, 5) is 0. The number of benzene rings is 1.